The molecule has 4 rings (SSSR count). The van der Waals surface area contributed by atoms with Gasteiger partial charge in [-0.05, 0) is 55.8 Å². The Morgan fingerprint density at radius 3 is 3.09 bits per heavy atom. The molecule has 0 saturated carbocycles. The molecule has 4 heteroatoms. The molecule has 2 aliphatic rings. The summed E-state index contributed by atoms with van der Waals surface area (Å²) in [6.45, 7) is 1.37. The number of H-pyrrole nitrogens is 1. The molecule has 1 aliphatic heterocycles. The van der Waals surface area contributed by atoms with Crippen molar-refractivity contribution in [3.63, 3.8) is 0 Å². The minimum atomic E-state index is -0.234. The second-order valence-electron chi connectivity index (χ2n) is 7.23. The molecule has 0 bridgehead atoms. The van der Waals surface area contributed by atoms with Gasteiger partial charge in [-0.15, -0.1) is 0 Å². The maximum Gasteiger partial charge on any atom is 0.109 e. The van der Waals surface area contributed by atoms with Crippen molar-refractivity contribution in [2.75, 3.05) is 27.3 Å². The number of likely N-dealkylation sites (tertiary alicyclic amines) is 1. The Bertz CT molecular complexity index is 710. The van der Waals surface area contributed by atoms with Crippen LogP contribution >= 0.6 is 0 Å². The number of benzene rings is 1. The fraction of sp³-hybridized carbons (Fsp3) is 0.579. The van der Waals surface area contributed by atoms with E-state index in [0.29, 0.717) is 12.0 Å². The Balaban J connectivity index is 1.82. The second kappa shape index (κ2) is 5.62. The summed E-state index contributed by atoms with van der Waals surface area (Å²) in [5.41, 5.74) is 3.73. The van der Waals surface area contributed by atoms with Gasteiger partial charge in [0.1, 0.15) is 5.60 Å². The predicted octanol–water partition coefficient (Wildman–Crippen LogP) is 2.66. The number of fused-ring (bicyclic) bond motifs is 2. The number of nitrogens with zero attached hydrogens (tertiary/aromatic N) is 1. The SMILES string of the molecule is CO[C@]12C[C@@H](CCCO)CN(C)[C@@H]1Cc1c[nH]c3cccc2c13. The highest BCUT2D eigenvalue weighted by atomic mass is 16.5. The van der Waals surface area contributed by atoms with Gasteiger partial charge >= 0.3 is 0 Å². The zero-order valence-corrected chi connectivity index (χ0v) is 14.0. The molecule has 1 aliphatic carbocycles. The molecule has 2 heterocycles. The third-order valence-corrected chi connectivity index (χ3v) is 6.00. The highest BCUT2D eigenvalue weighted by Gasteiger charge is 2.51. The molecule has 0 spiro atoms. The average molecular weight is 314 g/mol. The largest absolute Gasteiger partial charge is 0.396 e. The molecule has 4 nitrogen and oxygen atoms in total. The first kappa shape index (κ1) is 15.2. The number of ether oxygens (including phenoxy) is 1. The second-order valence-corrected chi connectivity index (χ2v) is 7.23. The number of piperidine rings is 1. The number of likely N-dealkylation sites (N-methyl/N-ethyl adjacent to an activating group) is 1. The summed E-state index contributed by atoms with van der Waals surface area (Å²) in [7, 11) is 4.09. The van der Waals surface area contributed by atoms with Crippen molar-refractivity contribution >= 4 is 10.9 Å². The summed E-state index contributed by atoms with van der Waals surface area (Å²) >= 11 is 0. The van der Waals surface area contributed by atoms with E-state index in [1.165, 1.54) is 22.0 Å². The monoisotopic (exact) mass is 314 g/mol. The fourth-order valence-electron chi connectivity index (χ4n) is 5.01. The molecular formula is C19H26N2O2. The number of hydrogen-bond acceptors (Lipinski definition) is 3. The van der Waals surface area contributed by atoms with Gasteiger partial charge < -0.3 is 14.8 Å². The number of aromatic amines is 1. The van der Waals surface area contributed by atoms with Crippen molar-refractivity contribution in [3.8, 4) is 0 Å². The topological polar surface area (TPSA) is 48.5 Å². The minimum absolute atomic E-state index is 0.234. The van der Waals surface area contributed by atoms with Crippen LogP contribution in [0.4, 0.5) is 0 Å². The third-order valence-electron chi connectivity index (χ3n) is 6.00. The number of aromatic nitrogens is 1. The lowest BCUT2D eigenvalue weighted by Gasteiger charge is -2.53. The van der Waals surface area contributed by atoms with Crippen molar-refractivity contribution in [3.05, 3.63) is 35.5 Å². The lowest BCUT2D eigenvalue weighted by atomic mass is 9.68. The summed E-state index contributed by atoms with van der Waals surface area (Å²) in [5, 5.41) is 10.6. The standard InChI is InChI=1S/C19H26N2O2/c1-21-12-13(5-4-8-22)10-19(23-2)15-6-3-7-16-18(15)14(11-20-16)9-17(19)21/h3,6-7,11,13,17,20,22H,4-5,8-10,12H2,1-2H3/t13-,17-,19+/m1/s1. The first-order valence-corrected chi connectivity index (χ1v) is 8.65. The van der Waals surface area contributed by atoms with E-state index in [9.17, 15) is 5.11 Å². The lowest BCUT2D eigenvalue weighted by molar-refractivity contribution is -0.126. The maximum absolute atomic E-state index is 9.19. The quantitative estimate of drug-likeness (QED) is 0.912. The van der Waals surface area contributed by atoms with Crippen molar-refractivity contribution in [1.29, 1.82) is 0 Å². The van der Waals surface area contributed by atoms with E-state index < -0.39 is 0 Å². The molecule has 1 aromatic carbocycles. The van der Waals surface area contributed by atoms with Crippen LogP contribution in [0.5, 0.6) is 0 Å². The molecule has 1 aromatic heterocycles. The molecule has 3 atom stereocenters. The van der Waals surface area contributed by atoms with Crippen LogP contribution < -0.4 is 0 Å². The molecule has 0 amide bonds. The normalized spacial score (nSPS) is 30.6. The number of hydrogen-bond donors (Lipinski definition) is 2. The van der Waals surface area contributed by atoms with Crippen LogP contribution in [0.1, 0.15) is 30.4 Å². The van der Waals surface area contributed by atoms with Gasteiger partial charge in [0.2, 0.25) is 0 Å². The third kappa shape index (κ3) is 2.16. The molecule has 2 N–H and O–H groups in total. The minimum Gasteiger partial charge on any atom is -0.396 e. The van der Waals surface area contributed by atoms with E-state index in [0.717, 1.165) is 32.2 Å². The smallest absolute Gasteiger partial charge is 0.109 e. The fourth-order valence-corrected chi connectivity index (χ4v) is 5.01. The predicted molar refractivity (Wildman–Crippen MR) is 91.5 cm³/mol. The Kier molecular flexibility index (Phi) is 3.71. The molecule has 1 fully saturated rings. The van der Waals surface area contributed by atoms with Crippen LogP contribution in [-0.2, 0) is 16.8 Å². The zero-order valence-electron chi connectivity index (χ0n) is 14.0. The number of aliphatic hydroxyl groups is 1. The number of aliphatic hydroxyl groups excluding tert-OH is 1. The Morgan fingerprint density at radius 1 is 1.43 bits per heavy atom. The Morgan fingerprint density at radius 2 is 2.30 bits per heavy atom. The van der Waals surface area contributed by atoms with Crippen LogP contribution in [-0.4, -0.2) is 48.3 Å². The first-order chi connectivity index (χ1) is 11.2. The van der Waals surface area contributed by atoms with Crippen LogP contribution in [0.25, 0.3) is 10.9 Å². The van der Waals surface area contributed by atoms with Crippen LogP contribution in [0, 0.1) is 5.92 Å². The van der Waals surface area contributed by atoms with E-state index in [2.05, 4.69) is 41.3 Å². The zero-order chi connectivity index (χ0) is 16.0. The Hall–Kier alpha value is -1.36. The van der Waals surface area contributed by atoms with Gasteiger partial charge in [-0.25, -0.2) is 0 Å². The van der Waals surface area contributed by atoms with E-state index in [1.807, 2.05) is 7.11 Å². The van der Waals surface area contributed by atoms with Crippen LogP contribution in [0.15, 0.2) is 24.4 Å². The van der Waals surface area contributed by atoms with Crippen molar-refractivity contribution in [2.24, 2.45) is 5.92 Å². The molecule has 23 heavy (non-hydrogen) atoms. The molecule has 0 radical (unpaired) electrons. The number of nitrogens with one attached hydrogen (secondary N) is 1. The van der Waals surface area contributed by atoms with E-state index >= 15 is 0 Å². The first-order valence-electron chi connectivity index (χ1n) is 8.65. The van der Waals surface area contributed by atoms with Crippen molar-refractivity contribution in [2.45, 2.75) is 37.3 Å². The van der Waals surface area contributed by atoms with Gasteiger partial charge in [-0.1, -0.05) is 12.1 Å². The molecule has 1 saturated heterocycles. The van der Waals surface area contributed by atoms with E-state index in [1.54, 1.807) is 0 Å². The summed E-state index contributed by atoms with van der Waals surface area (Å²) < 4.78 is 6.26. The molecule has 0 unspecified atom stereocenters. The van der Waals surface area contributed by atoms with E-state index in [-0.39, 0.29) is 12.2 Å². The van der Waals surface area contributed by atoms with Crippen molar-refractivity contribution < 1.29 is 9.84 Å². The summed E-state index contributed by atoms with van der Waals surface area (Å²) in [6, 6.07) is 6.92. The van der Waals surface area contributed by atoms with Gasteiger partial charge in [0.25, 0.3) is 0 Å². The highest BCUT2D eigenvalue weighted by molar-refractivity contribution is 5.88. The van der Waals surface area contributed by atoms with Gasteiger partial charge in [-0.3, -0.25) is 4.90 Å². The summed E-state index contributed by atoms with van der Waals surface area (Å²) in [4.78, 5) is 5.90. The van der Waals surface area contributed by atoms with Gasteiger partial charge in [0, 0.05) is 43.4 Å². The number of methoxy groups -OCH3 is 1. The van der Waals surface area contributed by atoms with Gasteiger partial charge in [-0.2, -0.15) is 0 Å². The van der Waals surface area contributed by atoms with Gasteiger partial charge in [0.15, 0.2) is 0 Å². The maximum atomic E-state index is 9.19. The van der Waals surface area contributed by atoms with Crippen LogP contribution in [0.2, 0.25) is 0 Å². The molecular weight excluding hydrogens is 288 g/mol. The van der Waals surface area contributed by atoms with Gasteiger partial charge in [0.05, 0.1) is 0 Å². The molecule has 2 aromatic rings. The molecule has 124 valence electrons. The van der Waals surface area contributed by atoms with Crippen molar-refractivity contribution in [1.82, 2.24) is 9.88 Å². The number of rotatable bonds is 4. The summed E-state index contributed by atoms with van der Waals surface area (Å²) in [6.07, 6.45) is 6.19. The Labute approximate surface area is 137 Å². The van der Waals surface area contributed by atoms with Crippen LogP contribution in [0.3, 0.4) is 0 Å². The summed E-state index contributed by atoms with van der Waals surface area (Å²) in [5.74, 6) is 0.569. The van der Waals surface area contributed by atoms with E-state index in [4.69, 9.17) is 4.74 Å². The lowest BCUT2D eigenvalue weighted by Crippen LogP contribution is -2.59. The average Bonchev–Trinajstić information content (AvgIpc) is 2.98. The highest BCUT2D eigenvalue weighted by Crippen LogP contribution is 2.49.